The van der Waals surface area contributed by atoms with Gasteiger partial charge >= 0.3 is 0 Å². The molecule has 1 aliphatic heterocycles. The molecule has 0 unspecified atom stereocenters. The molecule has 1 amide bonds. The Hall–Kier alpha value is -2.01. The van der Waals surface area contributed by atoms with Crippen molar-refractivity contribution in [2.75, 3.05) is 32.9 Å². The first kappa shape index (κ1) is 14.4. The Labute approximate surface area is 119 Å². The number of hydrogen-bond donors (Lipinski definition) is 1. The molecule has 1 aromatic rings. The number of nitrogens with two attached hydrogens (primary N) is 1. The molecule has 108 valence electrons. The number of hydrogen-bond acceptors (Lipinski definition) is 4. The van der Waals surface area contributed by atoms with Crippen LogP contribution in [0.4, 0.5) is 0 Å². The number of ether oxygens (including phenoxy) is 2. The van der Waals surface area contributed by atoms with Gasteiger partial charge in [0, 0.05) is 18.7 Å². The van der Waals surface area contributed by atoms with Crippen LogP contribution in [0.25, 0.3) is 5.70 Å². The predicted molar refractivity (Wildman–Crippen MR) is 76.6 cm³/mol. The number of carbonyl (C=O) groups excluding carboxylic acids is 1. The first-order valence-electron chi connectivity index (χ1n) is 6.79. The van der Waals surface area contributed by atoms with Crippen LogP contribution in [0.3, 0.4) is 0 Å². The van der Waals surface area contributed by atoms with Gasteiger partial charge in [-0.25, -0.2) is 0 Å². The van der Waals surface area contributed by atoms with E-state index in [0.717, 1.165) is 11.3 Å². The lowest BCUT2D eigenvalue weighted by molar-refractivity contribution is -0.117. The fourth-order valence-electron chi connectivity index (χ4n) is 2.24. The maximum absolute atomic E-state index is 11.7. The smallest absolute Gasteiger partial charge is 0.286 e. The summed E-state index contributed by atoms with van der Waals surface area (Å²) in [4.78, 5) is 13.8. The number of amides is 1. The Morgan fingerprint density at radius 1 is 1.30 bits per heavy atom. The van der Waals surface area contributed by atoms with Gasteiger partial charge < -0.3 is 20.1 Å². The third kappa shape index (κ3) is 3.30. The zero-order valence-electron chi connectivity index (χ0n) is 11.7. The third-order valence-corrected chi connectivity index (χ3v) is 3.10. The summed E-state index contributed by atoms with van der Waals surface area (Å²) in [5.41, 5.74) is 7.17. The number of nitrogens with zero attached hydrogens (tertiary/aromatic N) is 1. The van der Waals surface area contributed by atoms with E-state index < -0.39 is 5.91 Å². The van der Waals surface area contributed by atoms with Gasteiger partial charge in [0.05, 0.1) is 25.5 Å². The summed E-state index contributed by atoms with van der Waals surface area (Å²) in [6.07, 6.45) is 0. The van der Waals surface area contributed by atoms with Crippen molar-refractivity contribution in [3.8, 4) is 0 Å². The van der Waals surface area contributed by atoms with E-state index in [1.165, 1.54) is 0 Å². The lowest BCUT2D eigenvalue weighted by atomic mass is 10.1. The van der Waals surface area contributed by atoms with Gasteiger partial charge in [0.15, 0.2) is 0 Å². The molecule has 0 saturated carbocycles. The Bertz CT molecular complexity index is 479. The van der Waals surface area contributed by atoms with Gasteiger partial charge in [-0.3, -0.25) is 4.79 Å². The number of morpholine rings is 1. The lowest BCUT2D eigenvalue weighted by Gasteiger charge is -2.32. The highest BCUT2D eigenvalue weighted by Crippen LogP contribution is 2.24. The van der Waals surface area contributed by atoms with Crippen molar-refractivity contribution in [1.82, 2.24) is 4.90 Å². The van der Waals surface area contributed by atoms with E-state index in [0.29, 0.717) is 32.9 Å². The molecular formula is C15H20N2O3. The van der Waals surface area contributed by atoms with Gasteiger partial charge in [0.2, 0.25) is 5.76 Å². The van der Waals surface area contributed by atoms with E-state index in [4.69, 9.17) is 15.2 Å². The van der Waals surface area contributed by atoms with Crippen LogP contribution in [0.15, 0.2) is 36.1 Å². The summed E-state index contributed by atoms with van der Waals surface area (Å²) in [6.45, 7) is 4.94. The maximum atomic E-state index is 11.7. The van der Waals surface area contributed by atoms with Gasteiger partial charge in [-0.2, -0.15) is 0 Å². The molecule has 0 aromatic heterocycles. The molecule has 1 heterocycles. The molecule has 2 rings (SSSR count). The second-order valence-electron chi connectivity index (χ2n) is 4.44. The van der Waals surface area contributed by atoms with Crippen molar-refractivity contribution >= 4 is 11.6 Å². The van der Waals surface area contributed by atoms with Crippen LogP contribution in [0.2, 0.25) is 0 Å². The summed E-state index contributed by atoms with van der Waals surface area (Å²) < 4.78 is 10.9. The molecule has 1 aromatic carbocycles. The number of carbonyl (C=O) groups is 1. The Morgan fingerprint density at radius 2 is 1.95 bits per heavy atom. The predicted octanol–water partition coefficient (Wildman–Crippen LogP) is 1.21. The van der Waals surface area contributed by atoms with E-state index in [9.17, 15) is 4.79 Å². The summed E-state index contributed by atoms with van der Waals surface area (Å²) in [5.74, 6) is -0.321. The normalized spacial score (nSPS) is 16.6. The fraction of sp³-hybridized carbons (Fsp3) is 0.400. The van der Waals surface area contributed by atoms with Crippen molar-refractivity contribution in [3.63, 3.8) is 0 Å². The van der Waals surface area contributed by atoms with E-state index in [1.807, 2.05) is 37.3 Å². The van der Waals surface area contributed by atoms with Crippen molar-refractivity contribution in [3.05, 3.63) is 41.7 Å². The van der Waals surface area contributed by atoms with Crippen LogP contribution in [-0.4, -0.2) is 43.7 Å². The molecule has 0 bridgehead atoms. The minimum atomic E-state index is -0.544. The molecular weight excluding hydrogens is 256 g/mol. The van der Waals surface area contributed by atoms with E-state index in [1.54, 1.807) is 0 Å². The van der Waals surface area contributed by atoms with Crippen molar-refractivity contribution in [2.24, 2.45) is 5.73 Å². The molecule has 1 saturated heterocycles. The second-order valence-corrected chi connectivity index (χ2v) is 4.44. The zero-order valence-corrected chi connectivity index (χ0v) is 11.7. The SMILES string of the molecule is CCOC(C(N)=O)=C(c1ccccc1)N1CCOCC1. The first-order valence-corrected chi connectivity index (χ1v) is 6.79. The lowest BCUT2D eigenvalue weighted by Crippen LogP contribution is -2.37. The standard InChI is InChI=1S/C15H20N2O3/c1-2-20-14(15(16)18)13(12-6-4-3-5-7-12)17-8-10-19-11-9-17/h3-7H,2,8-11H2,1H3,(H2,16,18). The van der Waals surface area contributed by atoms with Gasteiger partial charge in [-0.1, -0.05) is 30.3 Å². The van der Waals surface area contributed by atoms with Crippen LogP contribution < -0.4 is 5.73 Å². The number of benzene rings is 1. The Kier molecular flexibility index (Phi) is 5.01. The first-order chi connectivity index (χ1) is 9.74. The van der Waals surface area contributed by atoms with Crippen LogP contribution in [-0.2, 0) is 14.3 Å². The van der Waals surface area contributed by atoms with Gasteiger partial charge in [0.25, 0.3) is 5.91 Å². The highest BCUT2D eigenvalue weighted by Gasteiger charge is 2.23. The molecule has 0 spiro atoms. The van der Waals surface area contributed by atoms with Crippen molar-refractivity contribution in [2.45, 2.75) is 6.92 Å². The van der Waals surface area contributed by atoms with E-state index >= 15 is 0 Å². The quantitative estimate of drug-likeness (QED) is 0.648. The maximum Gasteiger partial charge on any atom is 0.286 e. The minimum absolute atomic E-state index is 0.223. The minimum Gasteiger partial charge on any atom is -0.487 e. The van der Waals surface area contributed by atoms with Crippen LogP contribution >= 0.6 is 0 Å². The summed E-state index contributed by atoms with van der Waals surface area (Å²) in [5, 5.41) is 0. The fourth-order valence-corrected chi connectivity index (χ4v) is 2.24. The molecule has 0 atom stereocenters. The zero-order chi connectivity index (χ0) is 14.4. The average molecular weight is 276 g/mol. The van der Waals surface area contributed by atoms with Crippen LogP contribution in [0.1, 0.15) is 12.5 Å². The topological polar surface area (TPSA) is 64.8 Å². The van der Waals surface area contributed by atoms with Crippen molar-refractivity contribution in [1.29, 1.82) is 0 Å². The van der Waals surface area contributed by atoms with Crippen molar-refractivity contribution < 1.29 is 14.3 Å². The number of rotatable bonds is 5. The summed E-state index contributed by atoms with van der Waals surface area (Å²) in [6, 6.07) is 9.70. The molecule has 2 N–H and O–H groups in total. The van der Waals surface area contributed by atoms with Crippen LogP contribution in [0.5, 0.6) is 0 Å². The average Bonchev–Trinajstić information content (AvgIpc) is 2.49. The Morgan fingerprint density at radius 3 is 2.50 bits per heavy atom. The number of primary amides is 1. The molecule has 1 fully saturated rings. The Balaban J connectivity index is 2.46. The molecule has 0 aliphatic carbocycles. The molecule has 20 heavy (non-hydrogen) atoms. The molecule has 5 heteroatoms. The highest BCUT2D eigenvalue weighted by molar-refractivity contribution is 5.97. The second kappa shape index (κ2) is 6.96. The van der Waals surface area contributed by atoms with E-state index in [2.05, 4.69) is 4.90 Å². The summed E-state index contributed by atoms with van der Waals surface area (Å²) >= 11 is 0. The largest absolute Gasteiger partial charge is 0.487 e. The van der Waals surface area contributed by atoms with Crippen LogP contribution in [0, 0.1) is 0 Å². The summed E-state index contributed by atoms with van der Waals surface area (Å²) in [7, 11) is 0. The molecule has 1 aliphatic rings. The van der Waals surface area contributed by atoms with E-state index in [-0.39, 0.29) is 5.76 Å². The monoisotopic (exact) mass is 276 g/mol. The third-order valence-electron chi connectivity index (χ3n) is 3.10. The van der Waals surface area contributed by atoms with Gasteiger partial charge in [-0.05, 0) is 6.92 Å². The highest BCUT2D eigenvalue weighted by atomic mass is 16.5. The molecule has 0 radical (unpaired) electrons. The molecule has 5 nitrogen and oxygen atoms in total. The van der Waals surface area contributed by atoms with Gasteiger partial charge in [0.1, 0.15) is 0 Å². The van der Waals surface area contributed by atoms with Gasteiger partial charge in [-0.15, -0.1) is 0 Å².